The number of amides is 10. The summed E-state index contributed by atoms with van der Waals surface area (Å²) in [4.78, 5) is 154. The number of nitrogens with one attached hydrogen (secondary N) is 11. The second kappa shape index (κ2) is 29.7. The normalized spacial score (nSPS) is 19.7. The van der Waals surface area contributed by atoms with Gasteiger partial charge in [-0.15, -0.1) is 0 Å². The molecule has 82 heavy (non-hydrogen) atoms. The van der Waals surface area contributed by atoms with E-state index in [-0.39, 0.29) is 64.0 Å². The van der Waals surface area contributed by atoms with Crippen LogP contribution >= 0.6 is 0 Å². The molecule has 26 heteroatoms. The van der Waals surface area contributed by atoms with Gasteiger partial charge in [0.15, 0.2) is 5.96 Å². The Morgan fingerprint density at radius 1 is 0.671 bits per heavy atom. The predicted molar refractivity (Wildman–Crippen MR) is 304 cm³/mol. The van der Waals surface area contributed by atoms with Gasteiger partial charge < -0.3 is 75.0 Å². The van der Waals surface area contributed by atoms with Gasteiger partial charge in [0.1, 0.15) is 42.3 Å². The highest BCUT2D eigenvalue weighted by atomic mass is 16.2. The number of H-pyrrole nitrogens is 2. The van der Waals surface area contributed by atoms with Crippen molar-refractivity contribution in [1.29, 1.82) is 0 Å². The maximum atomic E-state index is 15.0. The van der Waals surface area contributed by atoms with Crippen LogP contribution in [0.25, 0.3) is 21.7 Å². The highest BCUT2D eigenvalue weighted by Crippen LogP contribution is 2.21. The van der Waals surface area contributed by atoms with Crippen LogP contribution in [-0.2, 0) is 67.2 Å². The van der Waals surface area contributed by atoms with E-state index < -0.39 is 126 Å². The number of hydrogen-bond donors (Lipinski definition) is 14. The van der Waals surface area contributed by atoms with Crippen molar-refractivity contribution >= 4 is 86.7 Å². The number of fused-ring (bicyclic) bond motifs is 2. The minimum absolute atomic E-state index is 0.0356. The number of carbonyl (C=O) groups excluding carboxylic acids is 10. The van der Waals surface area contributed by atoms with Crippen LogP contribution < -0.4 is 65.1 Å². The molecule has 0 aliphatic carbocycles. The van der Waals surface area contributed by atoms with Crippen molar-refractivity contribution in [3.8, 4) is 0 Å². The summed E-state index contributed by atoms with van der Waals surface area (Å²) in [6.07, 6.45) is 3.16. The van der Waals surface area contributed by atoms with E-state index in [1.165, 1.54) is 12.5 Å². The number of aliphatic imine (C=N–C) groups is 1. The van der Waals surface area contributed by atoms with Crippen molar-refractivity contribution in [3.63, 3.8) is 0 Å². The molecule has 5 aromatic rings. The van der Waals surface area contributed by atoms with Gasteiger partial charge in [0.05, 0.1) is 12.9 Å². The summed E-state index contributed by atoms with van der Waals surface area (Å²) in [6, 6.07) is 10.7. The Labute approximate surface area is 473 Å². The van der Waals surface area contributed by atoms with E-state index in [0.29, 0.717) is 27.7 Å². The summed E-state index contributed by atoms with van der Waals surface area (Å²) in [5, 5.41) is 26.7. The zero-order valence-electron chi connectivity index (χ0n) is 46.3. The van der Waals surface area contributed by atoms with E-state index in [0.717, 1.165) is 10.8 Å². The molecule has 0 bridgehead atoms. The molecular weight excluding hydrogens is 1060 g/mol. The number of aromatic amines is 2. The molecule has 1 saturated heterocycles. The van der Waals surface area contributed by atoms with Crippen LogP contribution in [0.1, 0.15) is 76.6 Å². The Hall–Kier alpha value is -9.36. The van der Waals surface area contributed by atoms with Crippen molar-refractivity contribution in [3.05, 3.63) is 102 Å². The molecule has 3 heterocycles. The quantitative estimate of drug-likeness (QED) is 0.0261. The van der Waals surface area contributed by atoms with Crippen molar-refractivity contribution in [2.24, 2.45) is 34.0 Å². The molecule has 0 unspecified atom stereocenters. The number of nitrogens with two attached hydrogens (primary N) is 3. The van der Waals surface area contributed by atoms with Crippen LogP contribution in [0.2, 0.25) is 0 Å². The second-order valence-corrected chi connectivity index (χ2v) is 20.8. The number of primary amides is 1. The number of nitrogens with zero attached hydrogens (tertiary/aromatic N) is 2. The predicted octanol–water partition coefficient (Wildman–Crippen LogP) is -1.27. The van der Waals surface area contributed by atoms with E-state index in [1.807, 2.05) is 54.6 Å². The zero-order valence-corrected chi connectivity index (χ0v) is 46.3. The fourth-order valence-corrected chi connectivity index (χ4v) is 9.29. The average Bonchev–Trinajstić information content (AvgIpc) is 4.31. The molecule has 0 radical (unpaired) electrons. The molecular formula is C56H74N16O10. The number of aromatic nitrogens is 3. The minimum atomic E-state index is -1.56. The second-order valence-electron chi connectivity index (χ2n) is 20.8. The van der Waals surface area contributed by atoms with Gasteiger partial charge in [-0.05, 0) is 59.1 Å². The lowest BCUT2D eigenvalue weighted by molar-refractivity contribution is -0.136. The molecule has 3 aromatic carbocycles. The molecule has 1 fully saturated rings. The number of hydrogen-bond acceptors (Lipinski definition) is 12. The minimum Gasteiger partial charge on any atom is -0.370 e. The maximum absolute atomic E-state index is 15.0. The van der Waals surface area contributed by atoms with Gasteiger partial charge in [0, 0.05) is 74.2 Å². The molecule has 0 saturated carbocycles. The van der Waals surface area contributed by atoms with Crippen molar-refractivity contribution < 1.29 is 47.9 Å². The van der Waals surface area contributed by atoms with E-state index in [2.05, 4.69) is 67.8 Å². The van der Waals surface area contributed by atoms with Crippen molar-refractivity contribution in [2.45, 2.75) is 121 Å². The molecule has 0 spiro atoms. The van der Waals surface area contributed by atoms with Crippen LogP contribution in [0.5, 0.6) is 0 Å². The summed E-state index contributed by atoms with van der Waals surface area (Å²) in [6.45, 7) is 5.92. The van der Waals surface area contributed by atoms with Gasteiger partial charge in [0.2, 0.25) is 59.1 Å². The van der Waals surface area contributed by atoms with Crippen LogP contribution in [0.3, 0.4) is 0 Å². The first-order valence-electron chi connectivity index (χ1n) is 27.1. The van der Waals surface area contributed by atoms with Gasteiger partial charge in [-0.25, -0.2) is 4.98 Å². The molecule has 1 aliphatic heterocycles. The Balaban J connectivity index is 1.38. The van der Waals surface area contributed by atoms with Gasteiger partial charge in [-0.1, -0.05) is 88.4 Å². The highest BCUT2D eigenvalue weighted by molar-refractivity contribution is 5.99. The fourth-order valence-electron chi connectivity index (χ4n) is 9.29. The third-order valence-corrected chi connectivity index (χ3v) is 13.7. The molecule has 10 amide bonds. The molecule has 2 aromatic heterocycles. The lowest BCUT2D eigenvalue weighted by Crippen LogP contribution is -2.61. The molecule has 438 valence electrons. The summed E-state index contributed by atoms with van der Waals surface area (Å²) < 4.78 is 0. The summed E-state index contributed by atoms with van der Waals surface area (Å²) in [5.41, 5.74) is 18.9. The number of para-hydroxylation sites is 1. The number of guanidine groups is 1. The summed E-state index contributed by atoms with van der Waals surface area (Å²) >= 11 is 0. The third-order valence-electron chi connectivity index (χ3n) is 13.7. The van der Waals surface area contributed by atoms with Crippen LogP contribution in [-0.4, -0.2) is 142 Å². The standard InChI is InChI=1S/C56H74N16O10/c1-30(2)47(54(81)64-28-44(57)73)72-55(82)48(31(3)4)71-50(77)40-17-18-45(74)61-21-19-46(75)66-43(25-36-27-60-29-65-36)53(80)69-41(23-32-15-16-33-10-5-6-11-34(33)22-32)51(78)67-39(14-9-20-62-56(58)59)49(76)70-42(52(79)68-40)24-35-26-63-38-13-8-7-12-37(35)38/h5-8,10-13,15-16,22,26-27,29-31,39-43,47-48,63H,9,14,17-21,23-25,28H2,1-4H3,(H2,57,73)(H,60,65)(H,61,74)(H,64,81)(H,66,75)(H,67,78)(H,68,79)(H,69,80)(H,70,76)(H,71,77)(H,72,82)(H4,58,59,62)/t39-,40-,41+,42-,43-,47-,48-/m0/s1. The number of rotatable bonds is 19. The monoisotopic (exact) mass is 1130 g/mol. The van der Waals surface area contributed by atoms with Crippen LogP contribution in [0.4, 0.5) is 0 Å². The van der Waals surface area contributed by atoms with Gasteiger partial charge >= 0.3 is 0 Å². The van der Waals surface area contributed by atoms with Crippen molar-refractivity contribution in [2.75, 3.05) is 19.6 Å². The summed E-state index contributed by atoms with van der Waals surface area (Å²) in [7, 11) is 0. The number of benzene rings is 3. The Morgan fingerprint density at radius 2 is 1.30 bits per heavy atom. The number of carbonyl (C=O) groups is 10. The lowest BCUT2D eigenvalue weighted by Gasteiger charge is -2.29. The molecule has 1 aliphatic rings. The highest BCUT2D eigenvalue weighted by Gasteiger charge is 2.36. The fraction of sp³-hybridized carbons (Fsp3) is 0.429. The Kier molecular flexibility index (Phi) is 22.4. The smallest absolute Gasteiger partial charge is 0.243 e. The molecule has 6 rings (SSSR count). The first-order chi connectivity index (χ1) is 39.1. The largest absolute Gasteiger partial charge is 0.370 e. The van der Waals surface area contributed by atoms with Crippen LogP contribution in [0.15, 0.2) is 90.4 Å². The van der Waals surface area contributed by atoms with E-state index in [9.17, 15) is 47.9 Å². The van der Waals surface area contributed by atoms with Gasteiger partial charge in [-0.2, -0.15) is 0 Å². The summed E-state index contributed by atoms with van der Waals surface area (Å²) in [5.74, 6) is -9.08. The first kappa shape index (κ1) is 61.8. The zero-order chi connectivity index (χ0) is 59.5. The Bertz CT molecular complexity index is 3120. The average molecular weight is 1130 g/mol. The maximum Gasteiger partial charge on any atom is 0.243 e. The third kappa shape index (κ3) is 18.3. The van der Waals surface area contributed by atoms with Gasteiger partial charge in [0.25, 0.3) is 0 Å². The Morgan fingerprint density at radius 3 is 1.99 bits per heavy atom. The van der Waals surface area contributed by atoms with Gasteiger partial charge in [-0.3, -0.25) is 52.9 Å². The molecule has 17 N–H and O–H groups in total. The molecule has 26 nitrogen and oxygen atoms in total. The van der Waals surface area contributed by atoms with E-state index in [4.69, 9.17) is 17.2 Å². The van der Waals surface area contributed by atoms with E-state index >= 15 is 0 Å². The number of imidazole rings is 1. The topological polar surface area (TPSA) is 414 Å². The van der Waals surface area contributed by atoms with E-state index in [1.54, 1.807) is 46.0 Å². The lowest BCUT2D eigenvalue weighted by atomic mass is 9.98. The van der Waals surface area contributed by atoms with Crippen LogP contribution in [0, 0.1) is 11.8 Å². The first-order valence-corrected chi connectivity index (χ1v) is 27.1. The van der Waals surface area contributed by atoms with Crippen molar-refractivity contribution in [1.82, 2.24) is 62.8 Å². The molecule has 7 atom stereocenters. The SMILES string of the molecule is CC(C)[C@H](NC(=O)[C@@H]1CCC(=O)NCCC(=O)N[C@@H](Cc2cnc[nH]2)C(=O)N[C@H](Cc2ccc3ccccc3c2)C(=O)N[C@@H](CCCN=C(N)N)C(=O)N[C@@H](Cc2c[nH]c3ccccc23)C(=O)N1)C(=O)N[C@H](C(=O)NCC(N)=O)C(C)C.